The summed E-state index contributed by atoms with van der Waals surface area (Å²) < 4.78 is 0. The van der Waals surface area contributed by atoms with Gasteiger partial charge in [-0.3, -0.25) is 4.79 Å². The smallest absolute Gasteiger partial charge is 0.238 e. The fourth-order valence-electron chi connectivity index (χ4n) is 3.64. The molecule has 0 radical (unpaired) electrons. The number of carbonyl (C=O) groups is 1. The highest BCUT2D eigenvalue weighted by atomic mass is 16.2. The number of nitrogens with one attached hydrogen (secondary N) is 1. The lowest BCUT2D eigenvalue weighted by molar-refractivity contribution is -0.121. The van der Waals surface area contributed by atoms with E-state index in [0.29, 0.717) is 6.54 Å². The van der Waals surface area contributed by atoms with Gasteiger partial charge in [0.05, 0.1) is 17.4 Å². The average molecular weight is 328 g/mol. The molecule has 0 aliphatic carbocycles. The van der Waals surface area contributed by atoms with Gasteiger partial charge in [-0.05, 0) is 43.9 Å². The number of carbonyl (C=O) groups excluding carboxylic acids is 1. The quantitative estimate of drug-likeness (QED) is 0.842. The molecule has 130 valence electrons. The average Bonchev–Trinajstić information content (AvgIpc) is 2.99. The van der Waals surface area contributed by atoms with Crippen molar-refractivity contribution in [1.29, 1.82) is 0 Å². The molecule has 3 atom stereocenters. The predicted octanol–water partition coefficient (Wildman–Crippen LogP) is 2.43. The number of aryl methyl sites for hydroxylation is 1. The highest BCUT2D eigenvalue weighted by Gasteiger charge is 2.45. The van der Waals surface area contributed by atoms with Crippen molar-refractivity contribution in [3.63, 3.8) is 0 Å². The van der Waals surface area contributed by atoms with Gasteiger partial charge in [0.2, 0.25) is 5.91 Å². The van der Waals surface area contributed by atoms with Gasteiger partial charge >= 0.3 is 0 Å². The maximum Gasteiger partial charge on any atom is 0.238 e. The summed E-state index contributed by atoms with van der Waals surface area (Å²) >= 11 is 0. The van der Waals surface area contributed by atoms with Gasteiger partial charge in [0, 0.05) is 18.2 Å². The Kier molecular flexibility index (Phi) is 4.90. The van der Waals surface area contributed by atoms with Gasteiger partial charge in [-0.25, -0.2) is 0 Å². The van der Waals surface area contributed by atoms with Gasteiger partial charge in [0.15, 0.2) is 0 Å². The van der Waals surface area contributed by atoms with Crippen LogP contribution in [0.25, 0.3) is 0 Å². The minimum Gasteiger partial charge on any atom is -0.328 e. The lowest BCUT2D eigenvalue weighted by Crippen LogP contribution is -2.49. The topological polar surface area (TPSA) is 70.7 Å². The SMILES string of the molecule is CCCC1NN=C2c3cc(CC)ccc3N(CCC(C)N)C(=O)C21. The number of fused-ring (bicyclic) bond motifs is 3. The van der Waals surface area contributed by atoms with Gasteiger partial charge in [-0.1, -0.05) is 26.3 Å². The highest BCUT2D eigenvalue weighted by molar-refractivity contribution is 6.24. The Morgan fingerprint density at radius 1 is 1.38 bits per heavy atom. The van der Waals surface area contributed by atoms with Crippen LogP contribution in [0.1, 0.15) is 51.2 Å². The van der Waals surface area contributed by atoms with E-state index in [9.17, 15) is 4.79 Å². The van der Waals surface area contributed by atoms with E-state index in [1.54, 1.807) is 0 Å². The van der Waals surface area contributed by atoms with Crippen LogP contribution in [0.15, 0.2) is 23.3 Å². The zero-order chi connectivity index (χ0) is 17.3. The van der Waals surface area contributed by atoms with Crippen molar-refractivity contribution < 1.29 is 4.79 Å². The second kappa shape index (κ2) is 6.93. The number of nitrogens with zero attached hydrogens (tertiary/aromatic N) is 2. The summed E-state index contributed by atoms with van der Waals surface area (Å²) in [7, 11) is 0. The van der Waals surface area contributed by atoms with Crippen molar-refractivity contribution in [3.05, 3.63) is 29.3 Å². The van der Waals surface area contributed by atoms with Crippen LogP contribution in [-0.4, -0.2) is 30.2 Å². The molecule has 2 heterocycles. The van der Waals surface area contributed by atoms with E-state index in [-0.39, 0.29) is 23.9 Å². The number of hydrogen-bond donors (Lipinski definition) is 2. The van der Waals surface area contributed by atoms with Gasteiger partial charge in [0.1, 0.15) is 5.92 Å². The van der Waals surface area contributed by atoms with Crippen molar-refractivity contribution in [2.45, 2.75) is 58.5 Å². The molecule has 3 unspecified atom stereocenters. The van der Waals surface area contributed by atoms with Crippen LogP contribution in [0, 0.1) is 5.92 Å². The molecular weight excluding hydrogens is 300 g/mol. The van der Waals surface area contributed by atoms with Crippen LogP contribution in [0.3, 0.4) is 0 Å². The summed E-state index contributed by atoms with van der Waals surface area (Å²) in [6.07, 6.45) is 3.76. The van der Waals surface area contributed by atoms with Crippen molar-refractivity contribution in [2.75, 3.05) is 11.4 Å². The largest absolute Gasteiger partial charge is 0.328 e. The van der Waals surface area contributed by atoms with E-state index >= 15 is 0 Å². The lowest BCUT2D eigenvalue weighted by Gasteiger charge is -2.35. The second-order valence-corrected chi connectivity index (χ2v) is 6.96. The zero-order valence-corrected chi connectivity index (χ0v) is 14.9. The van der Waals surface area contributed by atoms with E-state index < -0.39 is 0 Å². The molecule has 0 saturated heterocycles. The fourth-order valence-corrected chi connectivity index (χ4v) is 3.64. The summed E-state index contributed by atoms with van der Waals surface area (Å²) in [5, 5.41) is 4.55. The van der Waals surface area contributed by atoms with E-state index in [1.807, 2.05) is 11.8 Å². The van der Waals surface area contributed by atoms with Crippen LogP contribution >= 0.6 is 0 Å². The third-order valence-corrected chi connectivity index (χ3v) is 5.02. The molecule has 5 nitrogen and oxygen atoms in total. The van der Waals surface area contributed by atoms with Crippen LogP contribution < -0.4 is 16.1 Å². The standard InChI is InChI=1S/C19H28N4O/c1-4-6-15-17-18(22-21-15)14-11-13(5-2)7-8-16(14)23(19(17)24)10-9-12(3)20/h7-8,11-12,15,17,21H,4-6,9-10,20H2,1-3H3. The zero-order valence-electron chi connectivity index (χ0n) is 14.9. The lowest BCUT2D eigenvalue weighted by atomic mass is 9.83. The van der Waals surface area contributed by atoms with Gasteiger partial charge < -0.3 is 16.1 Å². The first-order valence-corrected chi connectivity index (χ1v) is 9.10. The Balaban J connectivity index is 2.01. The summed E-state index contributed by atoms with van der Waals surface area (Å²) in [5.41, 5.74) is 13.4. The summed E-state index contributed by atoms with van der Waals surface area (Å²) in [4.78, 5) is 15.1. The van der Waals surface area contributed by atoms with Gasteiger partial charge in [-0.15, -0.1) is 0 Å². The molecule has 2 aliphatic heterocycles. The monoisotopic (exact) mass is 328 g/mol. The van der Waals surface area contributed by atoms with E-state index in [1.165, 1.54) is 5.56 Å². The van der Waals surface area contributed by atoms with Crippen LogP contribution in [0.4, 0.5) is 5.69 Å². The van der Waals surface area contributed by atoms with E-state index in [2.05, 4.69) is 42.6 Å². The Bertz CT molecular complexity index is 653. The molecule has 0 spiro atoms. The van der Waals surface area contributed by atoms with Gasteiger partial charge in [0.25, 0.3) is 0 Å². The fraction of sp³-hybridized carbons (Fsp3) is 0.579. The first-order valence-electron chi connectivity index (χ1n) is 9.10. The van der Waals surface area contributed by atoms with Gasteiger partial charge in [-0.2, -0.15) is 5.10 Å². The maximum absolute atomic E-state index is 13.2. The minimum atomic E-state index is -0.169. The molecular formula is C19H28N4O. The molecule has 2 aliphatic rings. The molecule has 0 bridgehead atoms. The number of anilines is 1. The number of nitrogens with two attached hydrogens (primary N) is 1. The highest BCUT2D eigenvalue weighted by Crippen LogP contribution is 2.36. The molecule has 3 rings (SSSR count). The normalized spacial score (nSPS) is 23.4. The predicted molar refractivity (Wildman–Crippen MR) is 98.3 cm³/mol. The van der Waals surface area contributed by atoms with Crippen molar-refractivity contribution in [3.8, 4) is 0 Å². The van der Waals surface area contributed by atoms with E-state index in [4.69, 9.17) is 5.73 Å². The summed E-state index contributed by atoms with van der Waals surface area (Å²) in [6.45, 7) is 6.94. The minimum absolute atomic E-state index is 0.0828. The van der Waals surface area contributed by atoms with E-state index in [0.717, 1.165) is 42.6 Å². The number of hydrazone groups is 1. The second-order valence-electron chi connectivity index (χ2n) is 6.96. The van der Waals surface area contributed by atoms with Crippen LogP contribution in [-0.2, 0) is 11.2 Å². The number of benzene rings is 1. The molecule has 0 aromatic heterocycles. The molecule has 5 heteroatoms. The molecule has 3 N–H and O–H groups in total. The Morgan fingerprint density at radius 2 is 2.17 bits per heavy atom. The summed E-state index contributed by atoms with van der Waals surface area (Å²) in [5.74, 6) is -0.00719. The Labute approximate surface area is 144 Å². The molecule has 1 amide bonds. The molecule has 1 aromatic carbocycles. The van der Waals surface area contributed by atoms with Crippen LogP contribution in [0.5, 0.6) is 0 Å². The Morgan fingerprint density at radius 3 is 2.83 bits per heavy atom. The molecule has 24 heavy (non-hydrogen) atoms. The first-order chi connectivity index (χ1) is 11.6. The number of hydrogen-bond acceptors (Lipinski definition) is 4. The molecule has 1 aromatic rings. The summed E-state index contributed by atoms with van der Waals surface area (Å²) in [6, 6.07) is 6.56. The Hall–Kier alpha value is -1.88. The van der Waals surface area contributed by atoms with Crippen LogP contribution in [0.2, 0.25) is 0 Å². The number of amides is 1. The molecule has 0 fully saturated rings. The van der Waals surface area contributed by atoms with Crippen molar-refractivity contribution >= 4 is 17.3 Å². The first kappa shape index (κ1) is 17.0. The number of rotatable bonds is 6. The molecule has 0 saturated carbocycles. The maximum atomic E-state index is 13.2. The third-order valence-electron chi connectivity index (χ3n) is 5.02. The van der Waals surface area contributed by atoms with Crippen molar-refractivity contribution in [2.24, 2.45) is 16.8 Å². The third kappa shape index (κ3) is 2.93. The van der Waals surface area contributed by atoms with Crippen molar-refractivity contribution in [1.82, 2.24) is 5.43 Å².